The number of nitrogens with one attached hydrogen (secondary N) is 1. The van der Waals surface area contributed by atoms with Gasteiger partial charge in [-0.1, -0.05) is 18.0 Å². The number of H-pyrrole nitrogens is 1. The monoisotopic (exact) mass is 482 g/mol. The van der Waals surface area contributed by atoms with Gasteiger partial charge in [0.05, 0.1) is 5.41 Å². The van der Waals surface area contributed by atoms with Crippen molar-refractivity contribution < 1.29 is 23.7 Å². The van der Waals surface area contributed by atoms with Crippen molar-refractivity contribution in [2.75, 3.05) is 6.61 Å². The van der Waals surface area contributed by atoms with Gasteiger partial charge in [0.2, 0.25) is 0 Å². The van der Waals surface area contributed by atoms with Gasteiger partial charge in [-0.25, -0.2) is 4.79 Å². The summed E-state index contributed by atoms with van der Waals surface area (Å²) in [5.41, 5.74) is -1.44. The van der Waals surface area contributed by atoms with Crippen LogP contribution in [0, 0.1) is 12.3 Å². The number of hydrogen-bond acceptors (Lipinski definition) is 7. The Morgan fingerprint density at radius 2 is 1.94 bits per heavy atom. The van der Waals surface area contributed by atoms with Gasteiger partial charge in [-0.15, -0.1) is 0 Å². The maximum Gasteiger partial charge on any atom is 0.330 e. The van der Waals surface area contributed by atoms with Gasteiger partial charge in [0.1, 0.15) is 18.8 Å². The molecule has 10 heteroatoms. The maximum absolute atomic E-state index is 12.7. The molecule has 3 heterocycles. The van der Waals surface area contributed by atoms with Gasteiger partial charge in [0.15, 0.2) is 17.6 Å². The summed E-state index contributed by atoms with van der Waals surface area (Å²) in [4.78, 5) is 39.5. The first kappa shape index (κ1) is 24.2. The molecule has 0 amide bonds. The number of aromatic nitrogens is 2. The lowest BCUT2D eigenvalue weighted by atomic mass is 9.93. The number of ether oxygens (including phenoxy) is 4. The van der Waals surface area contributed by atoms with Crippen LogP contribution in [-0.2, 0) is 23.7 Å². The smallest absolute Gasteiger partial charge is 0.330 e. The Morgan fingerprint density at radius 3 is 2.58 bits per heavy atom. The third-order valence-electron chi connectivity index (χ3n) is 6.52. The zero-order valence-corrected chi connectivity index (χ0v) is 20.1. The van der Waals surface area contributed by atoms with Gasteiger partial charge in [-0.05, 0) is 46.6 Å². The zero-order valence-electron chi connectivity index (χ0n) is 19.4. The van der Waals surface area contributed by atoms with E-state index in [1.807, 2.05) is 0 Å². The first-order chi connectivity index (χ1) is 15.5. The molecular weight excluding hydrogens is 452 g/mol. The molecule has 1 aromatic heterocycles. The number of carbonyl (C=O) groups excluding carboxylic acids is 1. The molecule has 0 bridgehead atoms. The van der Waals surface area contributed by atoms with Crippen molar-refractivity contribution in [1.82, 2.24) is 9.55 Å². The highest BCUT2D eigenvalue weighted by Gasteiger charge is 2.65. The summed E-state index contributed by atoms with van der Waals surface area (Å²) < 4.78 is 26.3. The van der Waals surface area contributed by atoms with Gasteiger partial charge >= 0.3 is 11.7 Å². The number of esters is 1. The fourth-order valence-corrected chi connectivity index (χ4v) is 4.91. The first-order valence-corrected chi connectivity index (χ1v) is 11.7. The van der Waals surface area contributed by atoms with Gasteiger partial charge in [0.25, 0.3) is 5.56 Å². The van der Waals surface area contributed by atoms with Gasteiger partial charge in [-0.2, -0.15) is 0 Å². The van der Waals surface area contributed by atoms with Crippen molar-refractivity contribution in [3.8, 4) is 0 Å². The van der Waals surface area contributed by atoms with E-state index in [9.17, 15) is 14.4 Å². The van der Waals surface area contributed by atoms with E-state index in [-0.39, 0.29) is 6.61 Å². The second-order valence-corrected chi connectivity index (χ2v) is 10.4. The number of hydrogen-bond donors (Lipinski definition) is 1. The van der Waals surface area contributed by atoms with Gasteiger partial charge < -0.3 is 18.9 Å². The summed E-state index contributed by atoms with van der Waals surface area (Å²) in [6, 6.07) is 0. The molecule has 1 spiro atoms. The van der Waals surface area contributed by atoms with Crippen LogP contribution in [-0.4, -0.2) is 45.7 Å². The lowest BCUT2D eigenvalue weighted by Crippen LogP contribution is -2.47. The Morgan fingerprint density at radius 1 is 1.24 bits per heavy atom. The number of aryl methyl sites for hydroxylation is 1. The number of rotatable bonds is 4. The van der Waals surface area contributed by atoms with Crippen LogP contribution in [0.1, 0.15) is 64.7 Å². The summed E-state index contributed by atoms with van der Waals surface area (Å²) in [6.45, 7) is 6.72. The largest absolute Gasteiger partial charge is 0.462 e. The van der Waals surface area contributed by atoms with Crippen molar-refractivity contribution >= 4 is 17.6 Å². The number of carbonyl (C=O) groups is 1. The van der Waals surface area contributed by atoms with Crippen LogP contribution in [0.4, 0.5) is 0 Å². The lowest BCUT2D eigenvalue weighted by molar-refractivity contribution is -0.246. The van der Waals surface area contributed by atoms with Crippen molar-refractivity contribution in [3.63, 3.8) is 0 Å². The minimum Gasteiger partial charge on any atom is -0.462 e. The Labute approximate surface area is 197 Å². The molecule has 182 valence electrons. The molecule has 3 fully saturated rings. The van der Waals surface area contributed by atoms with E-state index in [1.54, 1.807) is 33.8 Å². The molecule has 0 aromatic carbocycles. The topological polar surface area (TPSA) is 109 Å². The van der Waals surface area contributed by atoms with E-state index in [0.29, 0.717) is 18.4 Å². The third kappa shape index (κ3) is 4.43. The molecule has 9 nitrogen and oxygen atoms in total. The predicted octanol–water partition coefficient (Wildman–Crippen LogP) is 2.90. The molecule has 4 rings (SSSR count). The standard InChI is InChI=1S/C23H31ClN2O7/c1-14-12-26(20(29)25-17(14)27)18-15-16(32-23(31-15)8-6-5-7-9-23)22(33-18,10-11-24)13-30-19(28)21(2,3)4/h10-12,15-16,18H,5-9,13H2,1-4H3,(H,25,27,29)/t15-,16+,18-,22-/m1/s1. The Kier molecular flexibility index (Phi) is 6.37. The van der Waals surface area contributed by atoms with Crippen LogP contribution in [0.15, 0.2) is 27.4 Å². The molecule has 1 N–H and O–H groups in total. The van der Waals surface area contributed by atoms with Crippen molar-refractivity contribution in [3.05, 3.63) is 44.2 Å². The molecule has 3 aliphatic rings. The fraction of sp³-hybridized carbons (Fsp3) is 0.696. The lowest BCUT2D eigenvalue weighted by Gasteiger charge is -2.37. The van der Waals surface area contributed by atoms with E-state index in [0.717, 1.165) is 19.3 Å². The maximum atomic E-state index is 12.7. The number of halogens is 1. The molecule has 2 aliphatic heterocycles. The minimum atomic E-state index is -1.28. The number of nitrogens with zero attached hydrogens (tertiary/aromatic N) is 1. The third-order valence-corrected chi connectivity index (χ3v) is 6.64. The molecule has 0 unspecified atom stereocenters. The summed E-state index contributed by atoms with van der Waals surface area (Å²) in [5, 5.41) is 0. The first-order valence-electron chi connectivity index (χ1n) is 11.3. The van der Waals surface area contributed by atoms with E-state index < -0.39 is 52.5 Å². The van der Waals surface area contributed by atoms with Crippen LogP contribution in [0.3, 0.4) is 0 Å². The molecule has 1 saturated carbocycles. The van der Waals surface area contributed by atoms with Gasteiger partial charge in [0, 0.05) is 30.1 Å². The average Bonchev–Trinajstić information content (AvgIpc) is 3.24. The summed E-state index contributed by atoms with van der Waals surface area (Å²) in [7, 11) is 0. The summed E-state index contributed by atoms with van der Waals surface area (Å²) in [6.07, 6.45) is 5.20. The van der Waals surface area contributed by atoms with E-state index in [2.05, 4.69) is 4.98 Å². The molecule has 2 saturated heterocycles. The van der Waals surface area contributed by atoms with Crippen LogP contribution >= 0.6 is 11.6 Å². The fourth-order valence-electron chi connectivity index (χ4n) is 4.70. The quantitative estimate of drug-likeness (QED) is 0.657. The van der Waals surface area contributed by atoms with Crippen LogP contribution in [0.5, 0.6) is 0 Å². The SMILES string of the molecule is Cc1cn([C@@H]2O[C@](C=CCl)(COC(=O)C(C)(C)C)[C@H]3OC4(CCCCC4)O[C@@H]23)c(=O)[nH]c1=O. The summed E-state index contributed by atoms with van der Waals surface area (Å²) in [5.74, 6) is -1.20. The molecule has 33 heavy (non-hydrogen) atoms. The highest BCUT2D eigenvalue weighted by Crippen LogP contribution is 2.52. The van der Waals surface area contributed by atoms with Crippen LogP contribution < -0.4 is 11.2 Å². The normalized spacial score (nSPS) is 31.2. The Bertz CT molecular complexity index is 1050. The Hall–Kier alpha value is -1.94. The highest BCUT2D eigenvalue weighted by molar-refractivity contribution is 6.25. The van der Waals surface area contributed by atoms with Crippen molar-refractivity contribution in [2.45, 2.75) is 89.6 Å². The zero-order chi connectivity index (χ0) is 24.0. The predicted molar refractivity (Wildman–Crippen MR) is 120 cm³/mol. The molecule has 4 atom stereocenters. The highest BCUT2D eigenvalue weighted by atomic mass is 35.5. The molecule has 1 aliphatic carbocycles. The van der Waals surface area contributed by atoms with Crippen molar-refractivity contribution in [1.29, 1.82) is 0 Å². The van der Waals surface area contributed by atoms with Crippen LogP contribution in [0.25, 0.3) is 0 Å². The summed E-state index contributed by atoms with van der Waals surface area (Å²) >= 11 is 6.00. The van der Waals surface area contributed by atoms with E-state index >= 15 is 0 Å². The molecule has 1 aromatic rings. The second kappa shape index (κ2) is 8.69. The van der Waals surface area contributed by atoms with E-state index in [1.165, 1.54) is 16.3 Å². The van der Waals surface area contributed by atoms with Crippen LogP contribution in [0.2, 0.25) is 0 Å². The molecule has 0 radical (unpaired) electrons. The molecular formula is C23H31ClN2O7. The Balaban J connectivity index is 1.75. The number of fused-ring (bicyclic) bond motifs is 1. The number of aromatic amines is 1. The average molecular weight is 483 g/mol. The van der Waals surface area contributed by atoms with Crippen molar-refractivity contribution in [2.24, 2.45) is 5.41 Å². The minimum absolute atomic E-state index is 0.166. The van der Waals surface area contributed by atoms with Gasteiger partial charge in [-0.3, -0.25) is 19.1 Å². The second-order valence-electron chi connectivity index (χ2n) is 10.2. The van der Waals surface area contributed by atoms with E-state index in [4.69, 9.17) is 30.5 Å².